The highest BCUT2D eigenvalue weighted by atomic mass is 127. The summed E-state index contributed by atoms with van der Waals surface area (Å²) in [7, 11) is 0. The van der Waals surface area contributed by atoms with Gasteiger partial charge in [-0.15, -0.1) is 37.1 Å². The molecule has 142 valence electrons. The van der Waals surface area contributed by atoms with Crippen LogP contribution in [0.1, 0.15) is 12.0 Å². The van der Waals surface area contributed by atoms with Gasteiger partial charge in [-0.1, -0.05) is 12.1 Å². The number of aryl methyl sites for hydroxylation is 1. The SMILES string of the molecule is I.NC(=NCCCc1cccc(F)c1)Nc1ccc(OC(F)(F)F)cc1. The van der Waals surface area contributed by atoms with E-state index >= 15 is 0 Å². The molecule has 0 amide bonds. The number of nitrogens with one attached hydrogen (secondary N) is 1. The molecular formula is C17H18F4IN3O. The third-order valence-electron chi connectivity index (χ3n) is 3.16. The zero-order valence-corrected chi connectivity index (χ0v) is 15.9. The summed E-state index contributed by atoms with van der Waals surface area (Å²) in [6.07, 6.45) is -3.38. The van der Waals surface area contributed by atoms with Crippen LogP contribution in [0.3, 0.4) is 0 Å². The number of nitrogens with two attached hydrogens (primary N) is 1. The molecule has 0 spiro atoms. The lowest BCUT2D eigenvalue weighted by Crippen LogP contribution is -2.23. The Bertz CT molecular complexity index is 721. The summed E-state index contributed by atoms with van der Waals surface area (Å²) in [5.74, 6) is -0.451. The zero-order chi connectivity index (χ0) is 18.3. The van der Waals surface area contributed by atoms with Crippen LogP contribution in [0, 0.1) is 5.82 Å². The van der Waals surface area contributed by atoms with Crippen molar-refractivity contribution in [2.45, 2.75) is 19.2 Å². The van der Waals surface area contributed by atoms with E-state index in [0.717, 1.165) is 5.56 Å². The summed E-state index contributed by atoms with van der Waals surface area (Å²) in [4.78, 5) is 4.12. The van der Waals surface area contributed by atoms with Crippen LogP contribution in [-0.2, 0) is 6.42 Å². The summed E-state index contributed by atoms with van der Waals surface area (Å²) in [6.45, 7) is 0.435. The maximum atomic E-state index is 13.0. The van der Waals surface area contributed by atoms with Crippen LogP contribution in [0.4, 0.5) is 23.2 Å². The van der Waals surface area contributed by atoms with Gasteiger partial charge in [0, 0.05) is 12.2 Å². The van der Waals surface area contributed by atoms with E-state index in [4.69, 9.17) is 5.73 Å². The largest absolute Gasteiger partial charge is 0.573 e. The summed E-state index contributed by atoms with van der Waals surface area (Å²) >= 11 is 0. The van der Waals surface area contributed by atoms with Gasteiger partial charge in [0.1, 0.15) is 11.6 Å². The van der Waals surface area contributed by atoms with Crippen LogP contribution in [-0.4, -0.2) is 18.9 Å². The highest BCUT2D eigenvalue weighted by molar-refractivity contribution is 14.0. The van der Waals surface area contributed by atoms with Crippen LogP contribution in [0.25, 0.3) is 0 Å². The second kappa shape index (κ2) is 10.2. The molecule has 0 aliphatic rings. The molecule has 0 saturated carbocycles. The van der Waals surface area contributed by atoms with E-state index in [1.165, 1.54) is 36.4 Å². The Morgan fingerprint density at radius 3 is 2.42 bits per heavy atom. The molecule has 0 unspecified atom stereocenters. The Balaban J connectivity index is 0.00000338. The Labute approximate surface area is 165 Å². The van der Waals surface area contributed by atoms with Crippen molar-refractivity contribution >= 4 is 35.6 Å². The molecule has 0 aliphatic carbocycles. The number of hydrogen-bond donors (Lipinski definition) is 2. The molecule has 0 saturated heterocycles. The maximum Gasteiger partial charge on any atom is 0.573 e. The molecule has 2 aromatic rings. The van der Waals surface area contributed by atoms with Gasteiger partial charge in [0.05, 0.1) is 0 Å². The van der Waals surface area contributed by atoms with Crippen molar-refractivity contribution < 1.29 is 22.3 Å². The van der Waals surface area contributed by atoms with Crippen molar-refractivity contribution in [1.29, 1.82) is 0 Å². The standard InChI is InChI=1S/C17H17F4N3O.HI/c18-13-5-1-3-12(11-13)4-2-10-23-16(22)24-14-6-8-15(9-7-14)25-17(19,20)21;/h1,3,5-9,11H,2,4,10H2,(H3,22,23,24);1H. The molecular weight excluding hydrogens is 465 g/mol. The summed E-state index contributed by atoms with van der Waals surface area (Å²) in [5.41, 5.74) is 7.08. The van der Waals surface area contributed by atoms with Crippen LogP contribution in [0.15, 0.2) is 53.5 Å². The van der Waals surface area contributed by atoms with Gasteiger partial charge in [0.2, 0.25) is 0 Å². The lowest BCUT2D eigenvalue weighted by molar-refractivity contribution is -0.274. The number of benzene rings is 2. The van der Waals surface area contributed by atoms with Crippen LogP contribution in [0.2, 0.25) is 0 Å². The number of alkyl halides is 3. The van der Waals surface area contributed by atoms with Crippen LogP contribution in [0.5, 0.6) is 5.75 Å². The molecule has 2 aromatic carbocycles. The molecule has 0 aliphatic heterocycles. The third-order valence-corrected chi connectivity index (χ3v) is 3.16. The fourth-order valence-corrected chi connectivity index (χ4v) is 2.10. The van der Waals surface area contributed by atoms with Crippen molar-refractivity contribution in [2.24, 2.45) is 10.7 Å². The monoisotopic (exact) mass is 483 g/mol. The number of aliphatic imine (C=N–C) groups is 1. The van der Waals surface area contributed by atoms with Crippen LogP contribution < -0.4 is 15.8 Å². The zero-order valence-electron chi connectivity index (χ0n) is 13.6. The van der Waals surface area contributed by atoms with E-state index in [1.54, 1.807) is 6.07 Å². The van der Waals surface area contributed by atoms with Crippen molar-refractivity contribution in [3.63, 3.8) is 0 Å². The summed E-state index contributed by atoms with van der Waals surface area (Å²) < 4.78 is 53.0. The van der Waals surface area contributed by atoms with E-state index in [1.807, 2.05) is 6.07 Å². The Hall–Kier alpha value is -2.04. The molecule has 0 radical (unpaired) electrons. The van der Waals surface area contributed by atoms with Gasteiger partial charge >= 0.3 is 6.36 Å². The highest BCUT2D eigenvalue weighted by Gasteiger charge is 2.30. The number of halogens is 5. The predicted molar refractivity (Wildman–Crippen MR) is 103 cm³/mol. The van der Waals surface area contributed by atoms with Crippen molar-refractivity contribution in [1.82, 2.24) is 0 Å². The quantitative estimate of drug-likeness (QED) is 0.206. The van der Waals surface area contributed by atoms with Gasteiger partial charge in [-0.25, -0.2) is 4.39 Å². The average molecular weight is 483 g/mol. The lowest BCUT2D eigenvalue weighted by Gasteiger charge is -2.10. The van der Waals surface area contributed by atoms with Gasteiger partial charge in [-0.3, -0.25) is 4.99 Å². The molecule has 0 aromatic heterocycles. The van der Waals surface area contributed by atoms with Crippen molar-refractivity contribution in [2.75, 3.05) is 11.9 Å². The fraction of sp³-hybridized carbons (Fsp3) is 0.235. The van der Waals surface area contributed by atoms with E-state index < -0.39 is 6.36 Å². The summed E-state index contributed by atoms with van der Waals surface area (Å²) in [6, 6.07) is 11.5. The van der Waals surface area contributed by atoms with Gasteiger partial charge in [-0.2, -0.15) is 0 Å². The molecule has 2 rings (SSSR count). The minimum Gasteiger partial charge on any atom is -0.406 e. The van der Waals surface area contributed by atoms with Gasteiger partial charge < -0.3 is 15.8 Å². The van der Waals surface area contributed by atoms with E-state index in [-0.39, 0.29) is 41.5 Å². The average Bonchev–Trinajstić information content (AvgIpc) is 2.52. The number of nitrogens with zero attached hydrogens (tertiary/aromatic N) is 1. The minimum absolute atomic E-state index is 0. The molecule has 0 fully saturated rings. The molecule has 0 bridgehead atoms. The first-order valence-electron chi connectivity index (χ1n) is 7.49. The van der Waals surface area contributed by atoms with Gasteiger partial charge in [0.15, 0.2) is 5.96 Å². The van der Waals surface area contributed by atoms with Gasteiger partial charge in [0.25, 0.3) is 0 Å². The Morgan fingerprint density at radius 2 is 1.81 bits per heavy atom. The molecule has 9 heteroatoms. The molecule has 0 heterocycles. The normalized spacial score (nSPS) is 11.6. The number of ether oxygens (including phenoxy) is 1. The number of rotatable bonds is 6. The van der Waals surface area contributed by atoms with Crippen molar-refractivity contribution in [3.05, 3.63) is 59.9 Å². The fourth-order valence-electron chi connectivity index (χ4n) is 2.10. The number of guanidine groups is 1. The molecule has 4 nitrogen and oxygen atoms in total. The Kier molecular flexibility index (Phi) is 8.62. The van der Waals surface area contributed by atoms with E-state index in [0.29, 0.717) is 25.1 Å². The first-order valence-corrected chi connectivity index (χ1v) is 7.49. The highest BCUT2D eigenvalue weighted by Crippen LogP contribution is 2.23. The van der Waals surface area contributed by atoms with E-state index in [9.17, 15) is 17.6 Å². The predicted octanol–water partition coefficient (Wildman–Crippen LogP) is 4.70. The molecule has 3 N–H and O–H groups in total. The first-order chi connectivity index (χ1) is 11.8. The number of anilines is 1. The van der Waals surface area contributed by atoms with Crippen molar-refractivity contribution in [3.8, 4) is 5.75 Å². The summed E-state index contributed by atoms with van der Waals surface area (Å²) in [5, 5.41) is 2.77. The Morgan fingerprint density at radius 1 is 1.12 bits per heavy atom. The second-order valence-corrected chi connectivity index (χ2v) is 5.20. The molecule has 0 atom stereocenters. The number of hydrogen-bond acceptors (Lipinski definition) is 2. The topological polar surface area (TPSA) is 59.6 Å². The maximum absolute atomic E-state index is 13.0. The third kappa shape index (κ3) is 8.37. The van der Waals surface area contributed by atoms with E-state index in [2.05, 4.69) is 15.0 Å². The van der Waals surface area contributed by atoms with Gasteiger partial charge in [-0.05, 0) is 54.8 Å². The minimum atomic E-state index is -4.73. The second-order valence-electron chi connectivity index (χ2n) is 5.20. The van der Waals surface area contributed by atoms with Crippen LogP contribution >= 0.6 is 24.0 Å². The molecule has 26 heavy (non-hydrogen) atoms. The first kappa shape index (κ1) is 22.0. The smallest absolute Gasteiger partial charge is 0.406 e. The lowest BCUT2D eigenvalue weighted by atomic mass is 10.1.